The van der Waals surface area contributed by atoms with Gasteiger partial charge in [0.25, 0.3) is 0 Å². The molecule has 0 aliphatic carbocycles. The molecule has 0 aliphatic rings. The first-order valence-corrected chi connectivity index (χ1v) is 10.0. The number of nitrogens with one attached hydrogen (secondary N) is 2. The Morgan fingerprint density at radius 1 is 0.677 bits per heavy atom. The Morgan fingerprint density at radius 2 is 1.39 bits per heavy atom. The lowest BCUT2D eigenvalue weighted by molar-refractivity contribution is 0.923. The van der Waals surface area contributed by atoms with E-state index in [1.165, 1.54) is 0 Å². The number of H-pyrrole nitrogens is 1. The fraction of sp³-hybridized carbons (Fsp3) is 0.0400. The standard InChI is InChI=1S/C25H20N6/c1-3-8-18(9-4-1)20-12-7-13-21(14-20)24-17-27-31-25(28-24)26-16-22-15-23(30-29-22)19-10-5-2-6-11-19/h1-15,17H,16H2,(H,29,30)(H,26,28,31). The largest absolute Gasteiger partial charge is 0.347 e. The lowest BCUT2D eigenvalue weighted by Crippen LogP contribution is -2.05. The average molecular weight is 404 g/mol. The van der Waals surface area contributed by atoms with E-state index in [0.29, 0.717) is 12.5 Å². The Hall–Kier alpha value is -4.32. The number of hydrogen-bond donors (Lipinski definition) is 2. The van der Waals surface area contributed by atoms with Gasteiger partial charge in [-0.1, -0.05) is 78.9 Å². The molecule has 0 saturated heterocycles. The molecule has 2 N–H and O–H groups in total. The second kappa shape index (κ2) is 8.59. The molecule has 0 atom stereocenters. The van der Waals surface area contributed by atoms with Crippen LogP contribution in [-0.4, -0.2) is 25.4 Å². The highest BCUT2D eigenvalue weighted by atomic mass is 15.2. The summed E-state index contributed by atoms with van der Waals surface area (Å²) in [5.74, 6) is 0.471. The molecule has 6 heteroatoms. The molecule has 5 aromatic rings. The Kier molecular flexibility index (Phi) is 5.18. The van der Waals surface area contributed by atoms with E-state index < -0.39 is 0 Å². The summed E-state index contributed by atoms with van der Waals surface area (Å²) < 4.78 is 0. The number of aromatic nitrogens is 5. The van der Waals surface area contributed by atoms with Crippen molar-refractivity contribution in [1.29, 1.82) is 0 Å². The van der Waals surface area contributed by atoms with Gasteiger partial charge in [0, 0.05) is 11.1 Å². The first-order chi connectivity index (χ1) is 15.3. The van der Waals surface area contributed by atoms with Crippen LogP contribution in [0.15, 0.2) is 97.2 Å². The molecule has 2 aromatic heterocycles. The number of nitrogens with zero attached hydrogens (tertiary/aromatic N) is 4. The lowest BCUT2D eigenvalue weighted by atomic mass is 10.0. The minimum atomic E-state index is 0.471. The van der Waals surface area contributed by atoms with Crippen molar-refractivity contribution in [2.24, 2.45) is 0 Å². The quantitative estimate of drug-likeness (QED) is 0.406. The minimum absolute atomic E-state index is 0.471. The van der Waals surface area contributed by atoms with Crippen LogP contribution in [-0.2, 0) is 6.54 Å². The summed E-state index contributed by atoms with van der Waals surface area (Å²) in [5, 5.41) is 18.9. The van der Waals surface area contributed by atoms with Gasteiger partial charge in [-0.15, -0.1) is 5.10 Å². The molecule has 0 saturated carbocycles. The van der Waals surface area contributed by atoms with E-state index in [1.807, 2.05) is 66.7 Å². The van der Waals surface area contributed by atoms with Crippen LogP contribution < -0.4 is 5.32 Å². The second-order valence-electron chi connectivity index (χ2n) is 7.11. The molecule has 3 aromatic carbocycles. The minimum Gasteiger partial charge on any atom is -0.347 e. The number of hydrogen-bond acceptors (Lipinski definition) is 5. The first-order valence-electron chi connectivity index (χ1n) is 10.0. The van der Waals surface area contributed by atoms with Crippen LogP contribution in [0.2, 0.25) is 0 Å². The van der Waals surface area contributed by atoms with Crippen molar-refractivity contribution >= 4 is 5.95 Å². The van der Waals surface area contributed by atoms with Crippen molar-refractivity contribution in [3.63, 3.8) is 0 Å². The summed E-state index contributed by atoms with van der Waals surface area (Å²) in [6.45, 7) is 0.523. The topological polar surface area (TPSA) is 79.4 Å². The van der Waals surface area contributed by atoms with Gasteiger partial charge in [0.05, 0.1) is 29.8 Å². The van der Waals surface area contributed by atoms with Crippen molar-refractivity contribution in [2.45, 2.75) is 6.54 Å². The van der Waals surface area contributed by atoms with Gasteiger partial charge in [-0.3, -0.25) is 5.10 Å². The molecule has 0 bridgehead atoms. The molecule has 0 amide bonds. The Balaban J connectivity index is 1.32. The number of anilines is 1. The van der Waals surface area contributed by atoms with Crippen molar-refractivity contribution in [1.82, 2.24) is 25.4 Å². The van der Waals surface area contributed by atoms with Crippen LogP contribution >= 0.6 is 0 Å². The Morgan fingerprint density at radius 3 is 2.19 bits per heavy atom. The molecule has 0 aliphatic heterocycles. The SMILES string of the molecule is c1ccc(-c2cccc(-c3cnnc(NCc4cc(-c5ccccc5)n[nH]4)n3)c2)cc1. The van der Waals surface area contributed by atoms with Gasteiger partial charge >= 0.3 is 0 Å². The second-order valence-corrected chi connectivity index (χ2v) is 7.11. The van der Waals surface area contributed by atoms with Gasteiger partial charge in [-0.05, 0) is 23.3 Å². The third-order valence-corrected chi connectivity index (χ3v) is 4.96. The Labute approximate surface area is 180 Å². The van der Waals surface area contributed by atoms with Gasteiger partial charge in [0.2, 0.25) is 5.95 Å². The van der Waals surface area contributed by atoms with E-state index in [4.69, 9.17) is 0 Å². The maximum atomic E-state index is 4.64. The number of benzene rings is 3. The fourth-order valence-electron chi connectivity index (χ4n) is 3.39. The third-order valence-electron chi connectivity index (χ3n) is 4.96. The molecular weight excluding hydrogens is 384 g/mol. The molecule has 150 valence electrons. The van der Waals surface area contributed by atoms with Crippen LogP contribution in [0.5, 0.6) is 0 Å². The zero-order valence-electron chi connectivity index (χ0n) is 16.7. The maximum Gasteiger partial charge on any atom is 0.243 e. The average Bonchev–Trinajstić information content (AvgIpc) is 3.33. The summed E-state index contributed by atoms with van der Waals surface area (Å²) in [4.78, 5) is 4.64. The fourth-order valence-corrected chi connectivity index (χ4v) is 3.39. The predicted octanol–water partition coefficient (Wildman–Crippen LogP) is 5.21. The van der Waals surface area contributed by atoms with Gasteiger partial charge < -0.3 is 5.32 Å². The molecule has 0 fully saturated rings. The van der Waals surface area contributed by atoms with Crippen molar-refractivity contribution in [3.05, 3.63) is 103 Å². The first kappa shape index (κ1) is 18.7. The van der Waals surface area contributed by atoms with Crippen LogP contribution in [0.4, 0.5) is 5.95 Å². The third kappa shape index (κ3) is 4.33. The summed E-state index contributed by atoms with van der Waals surface area (Å²) in [5.41, 5.74) is 6.98. The molecule has 31 heavy (non-hydrogen) atoms. The van der Waals surface area contributed by atoms with Gasteiger partial charge in [0.1, 0.15) is 0 Å². The van der Waals surface area contributed by atoms with E-state index in [-0.39, 0.29) is 0 Å². The van der Waals surface area contributed by atoms with Gasteiger partial charge in [-0.2, -0.15) is 10.2 Å². The molecule has 0 radical (unpaired) electrons. The monoisotopic (exact) mass is 404 g/mol. The van der Waals surface area contributed by atoms with Gasteiger partial charge in [-0.25, -0.2) is 4.98 Å². The normalized spacial score (nSPS) is 10.7. The summed E-state index contributed by atoms with van der Waals surface area (Å²) in [6.07, 6.45) is 1.68. The molecular formula is C25H20N6. The molecule has 0 spiro atoms. The summed E-state index contributed by atoms with van der Waals surface area (Å²) in [7, 11) is 0. The molecule has 5 rings (SSSR count). The van der Waals surface area contributed by atoms with Gasteiger partial charge in [0.15, 0.2) is 0 Å². The molecule has 0 unspecified atom stereocenters. The molecule has 2 heterocycles. The predicted molar refractivity (Wildman–Crippen MR) is 122 cm³/mol. The van der Waals surface area contributed by atoms with Crippen molar-refractivity contribution in [2.75, 3.05) is 5.32 Å². The van der Waals surface area contributed by atoms with Crippen LogP contribution in [0.3, 0.4) is 0 Å². The van der Waals surface area contributed by atoms with E-state index >= 15 is 0 Å². The van der Waals surface area contributed by atoms with Crippen LogP contribution in [0, 0.1) is 0 Å². The van der Waals surface area contributed by atoms with E-state index in [9.17, 15) is 0 Å². The molecule has 6 nitrogen and oxygen atoms in total. The van der Waals surface area contributed by atoms with E-state index in [2.05, 4.69) is 55.0 Å². The summed E-state index contributed by atoms with van der Waals surface area (Å²) in [6, 6.07) is 30.6. The van der Waals surface area contributed by atoms with Crippen LogP contribution in [0.1, 0.15) is 5.69 Å². The Bertz CT molecular complexity index is 1280. The lowest BCUT2D eigenvalue weighted by Gasteiger charge is -2.07. The number of rotatable bonds is 6. The van der Waals surface area contributed by atoms with E-state index in [0.717, 1.165) is 39.3 Å². The highest BCUT2D eigenvalue weighted by Gasteiger charge is 2.07. The highest BCUT2D eigenvalue weighted by Crippen LogP contribution is 2.25. The zero-order valence-corrected chi connectivity index (χ0v) is 16.7. The van der Waals surface area contributed by atoms with E-state index in [1.54, 1.807) is 6.20 Å². The van der Waals surface area contributed by atoms with Crippen LogP contribution in [0.25, 0.3) is 33.6 Å². The highest BCUT2D eigenvalue weighted by molar-refractivity contribution is 5.71. The maximum absolute atomic E-state index is 4.64. The van der Waals surface area contributed by atoms with Crippen molar-refractivity contribution in [3.8, 4) is 33.6 Å². The zero-order chi connectivity index (χ0) is 20.9. The smallest absolute Gasteiger partial charge is 0.243 e. The van der Waals surface area contributed by atoms with Crippen molar-refractivity contribution < 1.29 is 0 Å². The summed E-state index contributed by atoms with van der Waals surface area (Å²) >= 11 is 0. The number of aromatic amines is 1.